The zero-order chi connectivity index (χ0) is 6.24. The summed E-state index contributed by atoms with van der Waals surface area (Å²) in [5, 5.41) is 2.90. The fourth-order valence-electron chi connectivity index (χ4n) is 0.144. The average Bonchev–Trinajstić information content (AvgIpc) is 2.50. The van der Waals surface area contributed by atoms with E-state index >= 15 is 0 Å². The molecule has 0 spiro atoms. The fraction of sp³-hybridized carbons (Fsp3) is 0.667. The van der Waals surface area contributed by atoms with Gasteiger partial charge in [-0.15, -0.1) is 6.58 Å². The first-order valence-corrected chi connectivity index (χ1v) is 2.75. The molecule has 0 aromatic carbocycles. The molecule has 1 fully saturated rings. The maximum absolute atomic E-state index is 4.50. The maximum Gasteiger partial charge on any atom is 0.0701 e. The third-order valence-electron chi connectivity index (χ3n) is 0.553. The van der Waals surface area contributed by atoms with Crippen molar-refractivity contribution in [1.82, 2.24) is 5.32 Å². The van der Waals surface area contributed by atoms with Crippen LogP contribution in [0.5, 0.6) is 0 Å². The standard InChI is InChI=1S/C4H9N.C2H4O/c1-3-4-5-2;1-2-3-1/h3,5H,1,4H2,2H3;1-2H2. The molecule has 0 radical (unpaired) electrons. The smallest absolute Gasteiger partial charge is 0.0701 e. The molecular formula is C6H13NO. The topological polar surface area (TPSA) is 24.6 Å². The van der Waals surface area contributed by atoms with Crippen molar-refractivity contribution >= 4 is 0 Å². The highest BCUT2D eigenvalue weighted by atomic mass is 16.6. The predicted molar refractivity (Wildman–Crippen MR) is 34.9 cm³/mol. The van der Waals surface area contributed by atoms with E-state index in [0.717, 1.165) is 19.8 Å². The highest BCUT2D eigenvalue weighted by molar-refractivity contribution is 4.66. The molecule has 1 aliphatic rings. The summed E-state index contributed by atoms with van der Waals surface area (Å²) < 4.78 is 4.50. The number of likely N-dealkylation sites (N-methyl/N-ethyl adjacent to an activating group) is 1. The molecule has 0 saturated carbocycles. The van der Waals surface area contributed by atoms with Crippen LogP contribution in [0.2, 0.25) is 0 Å². The van der Waals surface area contributed by atoms with E-state index in [2.05, 4.69) is 16.6 Å². The molecule has 2 heteroatoms. The molecule has 1 aliphatic heterocycles. The van der Waals surface area contributed by atoms with Gasteiger partial charge in [-0.1, -0.05) is 6.08 Å². The molecule has 2 nitrogen and oxygen atoms in total. The lowest BCUT2D eigenvalue weighted by Gasteiger charge is -1.79. The van der Waals surface area contributed by atoms with Gasteiger partial charge >= 0.3 is 0 Å². The van der Waals surface area contributed by atoms with Crippen molar-refractivity contribution in [3.05, 3.63) is 12.7 Å². The largest absolute Gasteiger partial charge is 0.377 e. The van der Waals surface area contributed by atoms with Gasteiger partial charge in [0, 0.05) is 6.54 Å². The summed E-state index contributed by atoms with van der Waals surface area (Å²) in [4.78, 5) is 0. The Balaban J connectivity index is 0.000000135. The molecule has 0 bridgehead atoms. The number of hydrogen-bond donors (Lipinski definition) is 1. The van der Waals surface area contributed by atoms with E-state index < -0.39 is 0 Å². The first-order chi connectivity index (χ1) is 3.91. The van der Waals surface area contributed by atoms with Crippen LogP contribution in [0.3, 0.4) is 0 Å². The van der Waals surface area contributed by atoms with Crippen molar-refractivity contribution in [2.24, 2.45) is 0 Å². The second kappa shape index (κ2) is 6.66. The lowest BCUT2D eigenvalue weighted by Crippen LogP contribution is -2.02. The van der Waals surface area contributed by atoms with Crippen LogP contribution in [0.1, 0.15) is 0 Å². The van der Waals surface area contributed by atoms with Crippen LogP contribution in [-0.4, -0.2) is 26.8 Å². The molecule has 1 N–H and O–H groups in total. The number of hydrogen-bond acceptors (Lipinski definition) is 2. The van der Waals surface area contributed by atoms with E-state index in [1.165, 1.54) is 0 Å². The van der Waals surface area contributed by atoms with E-state index in [4.69, 9.17) is 0 Å². The van der Waals surface area contributed by atoms with Gasteiger partial charge in [-0.05, 0) is 7.05 Å². The van der Waals surface area contributed by atoms with E-state index in [1.54, 1.807) is 0 Å². The summed E-state index contributed by atoms with van der Waals surface area (Å²) in [5.41, 5.74) is 0. The van der Waals surface area contributed by atoms with Gasteiger partial charge in [-0.2, -0.15) is 0 Å². The summed E-state index contributed by atoms with van der Waals surface area (Å²) in [5.74, 6) is 0. The second-order valence-corrected chi connectivity index (χ2v) is 1.46. The van der Waals surface area contributed by atoms with Crippen LogP contribution in [-0.2, 0) is 4.74 Å². The molecule has 0 aliphatic carbocycles. The van der Waals surface area contributed by atoms with Crippen molar-refractivity contribution in [2.45, 2.75) is 0 Å². The van der Waals surface area contributed by atoms with Gasteiger partial charge < -0.3 is 10.1 Å². The highest BCUT2D eigenvalue weighted by Crippen LogP contribution is 1.84. The Morgan fingerprint density at radius 3 is 2.25 bits per heavy atom. The maximum atomic E-state index is 4.50. The number of rotatable bonds is 2. The fourth-order valence-corrected chi connectivity index (χ4v) is 0.144. The lowest BCUT2D eigenvalue weighted by atomic mass is 10.6. The van der Waals surface area contributed by atoms with E-state index in [1.807, 2.05) is 13.1 Å². The molecule has 0 unspecified atom stereocenters. The lowest BCUT2D eigenvalue weighted by molar-refractivity contribution is 0.475. The van der Waals surface area contributed by atoms with Gasteiger partial charge in [0.2, 0.25) is 0 Å². The zero-order valence-corrected chi connectivity index (χ0v) is 5.31. The monoisotopic (exact) mass is 115 g/mol. The molecule has 0 aromatic rings. The van der Waals surface area contributed by atoms with Gasteiger partial charge in [0.05, 0.1) is 13.2 Å². The van der Waals surface area contributed by atoms with Crippen LogP contribution in [0.4, 0.5) is 0 Å². The molecule has 1 heterocycles. The van der Waals surface area contributed by atoms with Crippen LogP contribution < -0.4 is 5.32 Å². The summed E-state index contributed by atoms with van der Waals surface area (Å²) in [6.07, 6.45) is 1.82. The van der Waals surface area contributed by atoms with Crippen molar-refractivity contribution in [3.63, 3.8) is 0 Å². The molecule has 0 aromatic heterocycles. The van der Waals surface area contributed by atoms with Crippen LogP contribution in [0.15, 0.2) is 12.7 Å². The van der Waals surface area contributed by atoms with E-state index in [9.17, 15) is 0 Å². The van der Waals surface area contributed by atoms with Crippen molar-refractivity contribution in [3.8, 4) is 0 Å². The molecule has 8 heavy (non-hydrogen) atoms. The Hall–Kier alpha value is -0.340. The van der Waals surface area contributed by atoms with Crippen LogP contribution in [0, 0.1) is 0 Å². The second-order valence-electron chi connectivity index (χ2n) is 1.46. The van der Waals surface area contributed by atoms with Crippen molar-refractivity contribution in [2.75, 3.05) is 26.8 Å². The third-order valence-corrected chi connectivity index (χ3v) is 0.553. The summed E-state index contributed by atoms with van der Waals surface area (Å²) >= 11 is 0. The first-order valence-electron chi connectivity index (χ1n) is 2.75. The minimum atomic E-state index is 0.903. The Morgan fingerprint density at radius 2 is 2.25 bits per heavy atom. The minimum absolute atomic E-state index is 0.903. The van der Waals surface area contributed by atoms with E-state index in [0.29, 0.717) is 0 Å². The van der Waals surface area contributed by atoms with Gasteiger partial charge in [-0.25, -0.2) is 0 Å². The van der Waals surface area contributed by atoms with Gasteiger partial charge in [0.25, 0.3) is 0 Å². The quantitative estimate of drug-likeness (QED) is 0.416. The van der Waals surface area contributed by atoms with Gasteiger partial charge in [0.15, 0.2) is 0 Å². The summed E-state index contributed by atoms with van der Waals surface area (Å²) in [7, 11) is 1.89. The number of epoxide rings is 1. The highest BCUT2D eigenvalue weighted by Gasteiger charge is 1.94. The average molecular weight is 115 g/mol. The SMILES string of the molecule is C1CO1.C=CCNC. The normalized spacial score (nSPS) is 13.6. The van der Waals surface area contributed by atoms with Gasteiger partial charge in [0.1, 0.15) is 0 Å². The molecular weight excluding hydrogens is 102 g/mol. The molecule has 0 amide bonds. The Bertz CT molecular complexity index is 49.7. The first kappa shape index (κ1) is 7.66. The summed E-state index contributed by atoms with van der Waals surface area (Å²) in [6.45, 7) is 6.39. The Labute approximate surface area is 50.5 Å². The molecule has 0 atom stereocenters. The van der Waals surface area contributed by atoms with Crippen molar-refractivity contribution < 1.29 is 4.74 Å². The third kappa shape index (κ3) is 17.4. The molecule has 48 valence electrons. The Kier molecular flexibility index (Phi) is 6.38. The minimum Gasteiger partial charge on any atom is -0.377 e. The summed E-state index contributed by atoms with van der Waals surface area (Å²) in [6, 6.07) is 0. The number of ether oxygens (including phenoxy) is 1. The molecule has 1 rings (SSSR count). The van der Waals surface area contributed by atoms with E-state index in [-0.39, 0.29) is 0 Å². The number of nitrogens with one attached hydrogen (secondary N) is 1. The molecule has 1 saturated heterocycles. The van der Waals surface area contributed by atoms with Crippen LogP contribution in [0.25, 0.3) is 0 Å². The van der Waals surface area contributed by atoms with Crippen LogP contribution >= 0.6 is 0 Å². The predicted octanol–water partition coefficient (Wildman–Crippen LogP) is 0.408. The van der Waals surface area contributed by atoms with Crippen molar-refractivity contribution in [1.29, 1.82) is 0 Å². The zero-order valence-electron chi connectivity index (χ0n) is 5.31. The Morgan fingerprint density at radius 1 is 1.75 bits per heavy atom. The van der Waals surface area contributed by atoms with Gasteiger partial charge in [-0.3, -0.25) is 0 Å².